The van der Waals surface area contributed by atoms with Gasteiger partial charge in [0.15, 0.2) is 21.5 Å². The van der Waals surface area contributed by atoms with Crippen LogP contribution in [0.5, 0.6) is 5.88 Å². The van der Waals surface area contributed by atoms with Crippen molar-refractivity contribution in [2.24, 2.45) is 0 Å². The van der Waals surface area contributed by atoms with E-state index in [4.69, 9.17) is 21.1 Å². The predicted molar refractivity (Wildman–Crippen MR) is 137 cm³/mol. The first-order valence-electron chi connectivity index (χ1n) is 11.4. The van der Waals surface area contributed by atoms with E-state index < -0.39 is 21.2 Å². The minimum absolute atomic E-state index is 0.224. The summed E-state index contributed by atoms with van der Waals surface area (Å²) in [7, 11) is -0.851. The van der Waals surface area contributed by atoms with Crippen molar-refractivity contribution in [3.05, 3.63) is 77.4 Å². The number of aromatic nitrogens is 7. The average molecular weight is 544 g/mol. The summed E-state index contributed by atoms with van der Waals surface area (Å²) in [5.41, 5.74) is 1.50. The fraction of sp³-hybridized carbons (Fsp3) is 0.333. The van der Waals surface area contributed by atoms with E-state index in [1.165, 1.54) is 26.6 Å². The first-order chi connectivity index (χ1) is 17.8. The van der Waals surface area contributed by atoms with Gasteiger partial charge in [-0.15, -0.1) is 10.2 Å². The van der Waals surface area contributed by atoms with Gasteiger partial charge in [-0.1, -0.05) is 23.7 Å². The predicted octanol–water partition coefficient (Wildman–Crippen LogP) is 3.12. The molecule has 0 amide bonds. The molecule has 0 unspecified atom stereocenters. The Morgan fingerprint density at radius 3 is 2.51 bits per heavy atom. The molecule has 37 heavy (non-hydrogen) atoms. The Bertz CT molecular complexity index is 1430. The van der Waals surface area contributed by atoms with Crippen molar-refractivity contribution >= 4 is 21.4 Å². The van der Waals surface area contributed by atoms with Crippen molar-refractivity contribution in [2.45, 2.75) is 37.0 Å². The smallest absolute Gasteiger partial charge is 0.213 e. The van der Waals surface area contributed by atoms with Crippen molar-refractivity contribution in [2.75, 3.05) is 14.2 Å². The second-order valence-corrected chi connectivity index (χ2v) is 11.0. The lowest BCUT2D eigenvalue weighted by Crippen LogP contribution is -2.30. The monoisotopic (exact) mass is 543 g/mol. The number of sulfone groups is 1. The molecular weight excluding hydrogens is 518 g/mol. The molecule has 194 valence electrons. The standard InChI is InChI=1S/C24H26ClN7O4S/c1-16(22(36-3)23-27-13-18(25)14-28-23)37(33,34)15-20-30-31-24(19-7-4-8-21(29-19)35-2)32(20)11-9-17-6-5-10-26-12-17/h4-8,10,12-14,16,22H,9,11,15H2,1-3H3/t16-,22-/m0/s1. The average Bonchev–Trinajstić information content (AvgIpc) is 3.31. The lowest BCUT2D eigenvalue weighted by Gasteiger charge is -2.21. The summed E-state index contributed by atoms with van der Waals surface area (Å²) in [6.45, 7) is 1.97. The highest BCUT2D eigenvalue weighted by molar-refractivity contribution is 7.91. The van der Waals surface area contributed by atoms with E-state index >= 15 is 0 Å². The van der Waals surface area contributed by atoms with Crippen molar-refractivity contribution < 1.29 is 17.9 Å². The summed E-state index contributed by atoms with van der Waals surface area (Å²) >= 11 is 5.88. The molecule has 4 aromatic rings. The molecule has 4 aromatic heterocycles. The van der Waals surface area contributed by atoms with Crippen LogP contribution in [0, 0.1) is 0 Å². The van der Waals surface area contributed by atoms with E-state index in [-0.39, 0.29) is 17.4 Å². The van der Waals surface area contributed by atoms with Crippen LogP contribution in [0.4, 0.5) is 0 Å². The first kappa shape index (κ1) is 26.6. The number of hydrogen-bond donors (Lipinski definition) is 0. The minimum Gasteiger partial charge on any atom is -0.481 e. The van der Waals surface area contributed by atoms with Gasteiger partial charge in [-0.2, -0.15) is 0 Å². The van der Waals surface area contributed by atoms with Crippen LogP contribution in [0.25, 0.3) is 11.5 Å². The van der Waals surface area contributed by atoms with Gasteiger partial charge in [0.25, 0.3) is 0 Å². The van der Waals surface area contributed by atoms with Gasteiger partial charge in [0.1, 0.15) is 23.4 Å². The zero-order valence-electron chi connectivity index (χ0n) is 20.5. The number of hydrogen-bond acceptors (Lipinski definition) is 10. The molecule has 0 aliphatic heterocycles. The Morgan fingerprint density at radius 1 is 1.05 bits per heavy atom. The Hall–Kier alpha value is -3.48. The second-order valence-electron chi connectivity index (χ2n) is 8.20. The molecular formula is C24H26ClN7O4S. The van der Waals surface area contributed by atoms with Crippen LogP contribution in [0.1, 0.15) is 30.2 Å². The topological polar surface area (TPSA) is 135 Å². The maximum Gasteiger partial charge on any atom is 0.213 e. The third-order valence-electron chi connectivity index (χ3n) is 5.81. The Balaban J connectivity index is 1.66. The molecule has 0 saturated heterocycles. The lowest BCUT2D eigenvalue weighted by atomic mass is 10.2. The zero-order valence-corrected chi connectivity index (χ0v) is 22.1. The first-order valence-corrected chi connectivity index (χ1v) is 13.5. The largest absolute Gasteiger partial charge is 0.481 e. The lowest BCUT2D eigenvalue weighted by molar-refractivity contribution is 0.0948. The van der Waals surface area contributed by atoms with Crippen LogP contribution < -0.4 is 4.74 Å². The molecule has 0 saturated carbocycles. The van der Waals surface area contributed by atoms with E-state index in [2.05, 4.69) is 30.1 Å². The van der Waals surface area contributed by atoms with Crippen LogP contribution in [0.15, 0.2) is 55.1 Å². The Labute approximate surface area is 219 Å². The second kappa shape index (κ2) is 11.7. The molecule has 0 aliphatic rings. The third kappa shape index (κ3) is 6.27. The highest BCUT2D eigenvalue weighted by atomic mass is 35.5. The number of nitrogens with zero attached hydrogens (tertiary/aromatic N) is 7. The molecule has 0 spiro atoms. The summed E-state index contributed by atoms with van der Waals surface area (Å²) in [5, 5.41) is 7.91. The van der Waals surface area contributed by atoms with Crippen LogP contribution in [-0.2, 0) is 33.3 Å². The van der Waals surface area contributed by atoms with Gasteiger partial charge in [0, 0.05) is 44.5 Å². The molecule has 0 N–H and O–H groups in total. The van der Waals surface area contributed by atoms with E-state index in [0.717, 1.165) is 5.56 Å². The van der Waals surface area contributed by atoms with Gasteiger partial charge >= 0.3 is 0 Å². The van der Waals surface area contributed by atoms with E-state index in [1.807, 2.05) is 12.1 Å². The SMILES string of the molecule is COc1cccc(-c2nnc(CS(=O)(=O)[C@@H](C)[C@H](OC)c3ncc(Cl)cn3)n2CCc2cccnc2)n1. The number of rotatable bonds is 11. The highest BCUT2D eigenvalue weighted by Gasteiger charge is 2.34. The van der Waals surface area contributed by atoms with Crippen molar-refractivity contribution in [3.8, 4) is 17.4 Å². The normalized spacial score (nSPS) is 13.3. The van der Waals surface area contributed by atoms with Gasteiger partial charge < -0.3 is 14.0 Å². The summed E-state index contributed by atoms with van der Waals surface area (Å²) in [6, 6.07) is 9.08. The van der Waals surface area contributed by atoms with Crippen LogP contribution in [-0.4, -0.2) is 62.6 Å². The van der Waals surface area contributed by atoms with Gasteiger partial charge in [-0.05, 0) is 31.0 Å². The van der Waals surface area contributed by atoms with Crippen molar-refractivity contribution in [1.29, 1.82) is 0 Å². The fourth-order valence-electron chi connectivity index (χ4n) is 3.78. The molecule has 4 heterocycles. The fourth-order valence-corrected chi connectivity index (χ4v) is 5.33. The third-order valence-corrected chi connectivity index (χ3v) is 8.04. The molecule has 11 nitrogen and oxygen atoms in total. The Kier molecular flexibility index (Phi) is 8.41. The van der Waals surface area contributed by atoms with Crippen LogP contribution >= 0.6 is 11.6 Å². The molecule has 0 bridgehead atoms. The Morgan fingerprint density at radius 2 is 1.84 bits per heavy atom. The summed E-state index contributed by atoms with van der Waals surface area (Å²) in [6.07, 6.45) is 5.96. The molecule has 4 rings (SSSR count). The van der Waals surface area contributed by atoms with Crippen LogP contribution in [0.2, 0.25) is 5.02 Å². The molecule has 0 radical (unpaired) electrons. The van der Waals surface area contributed by atoms with Crippen molar-refractivity contribution in [1.82, 2.24) is 34.7 Å². The molecule has 2 atom stereocenters. The quantitative estimate of drug-likeness (QED) is 0.277. The van der Waals surface area contributed by atoms with E-state index in [1.54, 1.807) is 42.1 Å². The maximum absolute atomic E-state index is 13.5. The van der Waals surface area contributed by atoms with Crippen molar-refractivity contribution in [3.63, 3.8) is 0 Å². The maximum atomic E-state index is 13.5. The number of halogens is 1. The zero-order chi connectivity index (χ0) is 26.4. The van der Waals surface area contributed by atoms with Gasteiger partial charge in [-0.25, -0.2) is 23.4 Å². The van der Waals surface area contributed by atoms with Gasteiger partial charge in [0.05, 0.1) is 17.4 Å². The van der Waals surface area contributed by atoms with Gasteiger partial charge in [-0.3, -0.25) is 4.98 Å². The number of methoxy groups -OCH3 is 2. The molecule has 13 heteroatoms. The molecule has 0 aliphatic carbocycles. The number of ether oxygens (including phenoxy) is 2. The van der Waals surface area contributed by atoms with E-state index in [9.17, 15) is 8.42 Å². The summed E-state index contributed by atoms with van der Waals surface area (Å²) in [5.74, 6) is 0.980. The molecule has 0 aromatic carbocycles. The number of pyridine rings is 2. The summed E-state index contributed by atoms with van der Waals surface area (Å²) in [4.78, 5) is 16.9. The molecule has 0 fully saturated rings. The number of aryl methyl sites for hydroxylation is 1. The van der Waals surface area contributed by atoms with Crippen LogP contribution in [0.3, 0.4) is 0 Å². The highest BCUT2D eigenvalue weighted by Crippen LogP contribution is 2.27. The van der Waals surface area contributed by atoms with E-state index in [0.29, 0.717) is 35.4 Å². The summed E-state index contributed by atoms with van der Waals surface area (Å²) < 4.78 is 39.5. The minimum atomic E-state index is -3.79. The van der Waals surface area contributed by atoms with Gasteiger partial charge in [0.2, 0.25) is 5.88 Å².